The van der Waals surface area contributed by atoms with Crippen LogP contribution in [0.2, 0.25) is 0 Å². The number of pyridine rings is 1. The molecular weight excluding hydrogens is 384 g/mol. The Kier molecular flexibility index (Phi) is 4.79. The largest absolute Gasteiger partial charge is 0.477 e. The van der Waals surface area contributed by atoms with Gasteiger partial charge in [-0.3, -0.25) is 9.36 Å². The third-order valence-corrected chi connectivity index (χ3v) is 5.58. The van der Waals surface area contributed by atoms with E-state index in [4.69, 9.17) is 4.74 Å². The zero-order valence-corrected chi connectivity index (χ0v) is 16.0. The van der Waals surface area contributed by atoms with Crippen molar-refractivity contribution in [3.63, 3.8) is 0 Å². The fourth-order valence-corrected chi connectivity index (χ4v) is 3.96. The zero-order chi connectivity index (χ0) is 19.8. The van der Waals surface area contributed by atoms with E-state index in [0.717, 1.165) is 0 Å². The van der Waals surface area contributed by atoms with Crippen molar-refractivity contribution >= 4 is 34.3 Å². The molecule has 0 amide bonds. The summed E-state index contributed by atoms with van der Waals surface area (Å²) in [4.78, 5) is 39.2. The van der Waals surface area contributed by atoms with Crippen molar-refractivity contribution in [2.24, 2.45) is 0 Å². The van der Waals surface area contributed by atoms with E-state index in [-0.39, 0.29) is 23.1 Å². The van der Waals surface area contributed by atoms with Gasteiger partial charge in [-0.05, 0) is 7.05 Å². The molecule has 0 aliphatic carbocycles. The van der Waals surface area contributed by atoms with Crippen LogP contribution in [0.5, 0.6) is 0 Å². The molecule has 0 spiro atoms. The normalized spacial score (nSPS) is 19.4. The molecule has 2 N–H and O–H groups in total. The Balaban J connectivity index is 1.87. The predicted molar refractivity (Wildman–Crippen MR) is 104 cm³/mol. The number of likely N-dealkylation sites (N-methyl/N-ethyl adjacent to an activating group) is 1. The highest BCUT2D eigenvalue weighted by molar-refractivity contribution is 7.12. The van der Waals surface area contributed by atoms with Crippen molar-refractivity contribution < 1.29 is 14.6 Å². The van der Waals surface area contributed by atoms with E-state index in [1.807, 2.05) is 11.9 Å². The van der Waals surface area contributed by atoms with E-state index in [1.165, 1.54) is 28.3 Å². The summed E-state index contributed by atoms with van der Waals surface area (Å²) in [5.41, 5.74) is -0.655. The minimum atomic E-state index is -1.30. The number of thiazole rings is 1. The first-order valence-corrected chi connectivity index (χ1v) is 9.42. The lowest BCUT2D eigenvalue weighted by atomic mass is 10.2. The number of hydrogen-bond donors (Lipinski definition) is 2. The van der Waals surface area contributed by atoms with E-state index in [0.29, 0.717) is 29.8 Å². The molecule has 3 aromatic heterocycles. The maximum Gasteiger partial charge on any atom is 0.341 e. The molecule has 1 saturated heterocycles. The van der Waals surface area contributed by atoms with Gasteiger partial charge in [-0.15, -0.1) is 11.3 Å². The number of aromatic carboxylic acids is 1. The van der Waals surface area contributed by atoms with Crippen LogP contribution in [-0.4, -0.2) is 70.0 Å². The minimum Gasteiger partial charge on any atom is -0.477 e. The fourth-order valence-electron chi connectivity index (χ4n) is 3.34. The van der Waals surface area contributed by atoms with Crippen LogP contribution in [0.15, 0.2) is 28.8 Å². The summed E-state index contributed by atoms with van der Waals surface area (Å²) >= 11 is 1.32. The van der Waals surface area contributed by atoms with Crippen molar-refractivity contribution in [1.29, 1.82) is 0 Å². The maximum absolute atomic E-state index is 12.6. The molecule has 4 rings (SSSR count). The number of carboxylic acid groups (broad SMARTS) is 1. The molecule has 11 heteroatoms. The highest BCUT2D eigenvalue weighted by Gasteiger charge is 2.33. The van der Waals surface area contributed by atoms with Gasteiger partial charge in [0.2, 0.25) is 11.4 Å². The molecule has 1 aliphatic heterocycles. The number of anilines is 1. The Morgan fingerprint density at radius 2 is 2.21 bits per heavy atom. The molecule has 2 atom stereocenters. The van der Waals surface area contributed by atoms with Crippen molar-refractivity contribution in [3.8, 4) is 5.13 Å². The molecule has 146 valence electrons. The number of nitrogens with one attached hydrogen (secondary N) is 1. The molecule has 0 bridgehead atoms. The molecule has 0 radical (unpaired) electrons. The fraction of sp³-hybridized carbons (Fsp3) is 0.353. The first kappa shape index (κ1) is 18.5. The second kappa shape index (κ2) is 7.26. The van der Waals surface area contributed by atoms with Crippen LogP contribution in [0.1, 0.15) is 10.4 Å². The molecule has 1 fully saturated rings. The van der Waals surface area contributed by atoms with E-state index >= 15 is 0 Å². The van der Waals surface area contributed by atoms with Crippen LogP contribution in [0.25, 0.3) is 16.2 Å². The van der Waals surface area contributed by atoms with Crippen molar-refractivity contribution in [2.45, 2.75) is 12.1 Å². The third-order valence-electron chi connectivity index (χ3n) is 4.81. The summed E-state index contributed by atoms with van der Waals surface area (Å²) in [6.45, 7) is 1.25. The number of aromatic nitrogens is 4. The molecule has 1 aliphatic rings. The number of carboxylic acids is 1. The highest BCUT2D eigenvalue weighted by Crippen LogP contribution is 2.22. The average molecular weight is 402 g/mol. The average Bonchev–Trinajstić information content (AvgIpc) is 3.37. The number of ether oxygens (including phenoxy) is 1. The van der Waals surface area contributed by atoms with Gasteiger partial charge >= 0.3 is 5.97 Å². The molecule has 0 saturated carbocycles. The lowest BCUT2D eigenvalue weighted by Gasteiger charge is -2.17. The van der Waals surface area contributed by atoms with E-state index < -0.39 is 11.4 Å². The number of nitrogens with zero attached hydrogens (tertiary/aromatic N) is 5. The Bertz CT molecular complexity index is 1070. The van der Waals surface area contributed by atoms with Gasteiger partial charge in [-0.2, -0.15) is 4.98 Å². The molecule has 28 heavy (non-hydrogen) atoms. The summed E-state index contributed by atoms with van der Waals surface area (Å²) in [6.07, 6.45) is 4.24. The third kappa shape index (κ3) is 3.03. The second-order valence-corrected chi connectivity index (χ2v) is 7.22. The first-order valence-electron chi connectivity index (χ1n) is 8.54. The molecule has 4 heterocycles. The van der Waals surface area contributed by atoms with Gasteiger partial charge in [-0.1, -0.05) is 0 Å². The SMILES string of the molecule is CN[C@@H]1CN(c2ncc3c(=O)c(C(=O)O)cn(-c4nccs4)c3n2)C[C@H]1OC. The molecular formula is C17H18N6O4S. The quantitative estimate of drug-likeness (QED) is 0.623. The molecule has 0 aromatic carbocycles. The highest BCUT2D eigenvalue weighted by atomic mass is 32.1. The van der Waals surface area contributed by atoms with Gasteiger partial charge in [0, 0.05) is 44.2 Å². The molecule has 3 aromatic rings. The number of methoxy groups -OCH3 is 1. The summed E-state index contributed by atoms with van der Waals surface area (Å²) in [7, 11) is 3.53. The Hall–Kier alpha value is -2.89. The van der Waals surface area contributed by atoms with Gasteiger partial charge in [0.1, 0.15) is 5.56 Å². The molecule has 0 unspecified atom stereocenters. The van der Waals surface area contributed by atoms with Gasteiger partial charge < -0.3 is 20.1 Å². The van der Waals surface area contributed by atoms with E-state index in [9.17, 15) is 14.7 Å². The summed E-state index contributed by atoms with van der Waals surface area (Å²) in [5.74, 6) is -0.860. The Labute approximate surface area is 163 Å². The summed E-state index contributed by atoms with van der Waals surface area (Å²) in [5, 5.41) is 15.0. The molecule has 10 nitrogen and oxygen atoms in total. The smallest absolute Gasteiger partial charge is 0.341 e. The minimum absolute atomic E-state index is 0.0140. The maximum atomic E-state index is 12.6. The predicted octanol–water partition coefficient (Wildman–Crippen LogP) is 0.358. The van der Waals surface area contributed by atoms with Gasteiger partial charge in [0.15, 0.2) is 10.8 Å². The van der Waals surface area contributed by atoms with Crippen molar-refractivity contribution in [3.05, 3.63) is 39.8 Å². The first-order chi connectivity index (χ1) is 13.5. The monoisotopic (exact) mass is 402 g/mol. The summed E-state index contributed by atoms with van der Waals surface area (Å²) in [6, 6.07) is 0.125. The number of rotatable bonds is 5. The standard InChI is InChI=1S/C17H18N6O4S/c1-18-11-7-22(8-12(11)27-2)16-20-5-9-13(24)10(15(25)26)6-23(14(9)21-16)17-19-3-4-28-17/h3-6,11-12,18H,7-8H2,1-2H3,(H,25,26)/t11-,12-/m1/s1. The second-order valence-electron chi connectivity index (χ2n) is 6.34. The van der Waals surface area contributed by atoms with E-state index in [1.54, 1.807) is 18.7 Å². The Morgan fingerprint density at radius 1 is 1.39 bits per heavy atom. The van der Waals surface area contributed by atoms with E-state index in [2.05, 4.69) is 20.3 Å². The summed E-state index contributed by atoms with van der Waals surface area (Å²) < 4.78 is 7.03. The lowest BCUT2D eigenvalue weighted by Crippen LogP contribution is -2.37. The number of fused-ring (bicyclic) bond motifs is 1. The lowest BCUT2D eigenvalue weighted by molar-refractivity contribution is 0.0695. The van der Waals surface area contributed by atoms with Gasteiger partial charge in [0.05, 0.1) is 17.5 Å². The van der Waals surface area contributed by atoms with Crippen LogP contribution in [0.3, 0.4) is 0 Å². The van der Waals surface area contributed by atoms with Crippen LogP contribution >= 0.6 is 11.3 Å². The van der Waals surface area contributed by atoms with Crippen molar-refractivity contribution in [2.75, 3.05) is 32.1 Å². The van der Waals surface area contributed by atoms with Crippen molar-refractivity contribution in [1.82, 2.24) is 24.8 Å². The van der Waals surface area contributed by atoms with Crippen LogP contribution in [-0.2, 0) is 4.74 Å². The number of carbonyl (C=O) groups is 1. The van der Waals surface area contributed by atoms with Crippen LogP contribution in [0.4, 0.5) is 5.95 Å². The Morgan fingerprint density at radius 3 is 2.82 bits per heavy atom. The van der Waals surface area contributed by atoms with Gasteiger partial charge in [-0.25, -0.2) is 14.8 Å². The zero-order valence-electron chi connectivity index (χ0n) is 15.2. The van der Waals surface area contributed by atoms with Crippen LogP contribution < -0.4 is 15.6 Å². The number of hydrogen-bond acceptors (Lipinski definition) is 9. The van der Waals surface area contributed by atoms with Crippen LogP contribution in [0, 0.1) is 0 Å². The topological polar surface area (TPSA) is 122 Å². The van der Waals surface area contributed by atoms with Gasteiger partial charge in [0.25, 0.3) is 0 Å².